The zero-order valence-electron chi connectivity index (χ0n) is 12.2. The maximum Gasteiger partial charge on any atom is 0.260 e. The highest BCUT2D eigenvalue weighted by Gasteiger charge is 2.15. The first-order chi connectivity index (χ1) is 8.93. The van der Waals surface area contributed by atoms with Crippen molar-refractivity contribution in [3.05, 3.63) is 28.8 Å². The average molecular weight is 321 g/mol. The van der Waals surface area contributed by atoms with Crippen molar-refractivity contribution in [3.63, 3.8) is 0 Å². The Bertz CT molecular complexity index is 441. The van der Waals surface area contributed by atoms with Crippen molar-refractivity contribution >= 4 is 29.9 Å². The van der Waals surface area contributed by atoms with E-state index < -0.39 is 6.10 Å². The van der Waals surface area contributed by atoms with Gasteiger partial charge in [-0.2, -0.15) is 0 Å². The second-order valence-electron chi connectivity index (χ2n) is 4.61. The molecule has 2 unspecified atom stereocenters. The molecule has 0 bridgehead atoms. The van der Waals surface area contributed by atoms with Crippen LogP contribution in [0.4, 0.5) is 0 Å². The predicted molar refractivity (Wildman–Crippen MR) is 85.1 cm³/mol. The van der Waals surface area contributed by atoms with Gasteiger partial charge in [-0.3, -0.25) is 4.79 Å². The van der Waals surface area contributed by atoms with Gasteiger partial charge in [0, 0.05) is 17.6 Å². The lowest BCUT2D eigenvalue weighted by atomic mass is 10.2. The maximum atomic E-state index is 11.8. The quantitative estimate of drug-likeness (QED) is 0.847. The molecule has 0 saturated carbocycles. The first kappa shape index (κ1) is 19.0. The number of halogens is 2. The minimum Gasteiger partial charge on any atom is -0.481 e. The summed E-state index contributed by atoms with van der Waals surface area (Å²) in [7, 11) is 1.85. The van der Waals surface area contributed by atoms with E-state index in [0.29, 0.717) is 17.3 Å². The number of amides is 1. The Morgan fingerprint density at radius 2 is 2.05 bits per heavy atom. The fourth-order valence-electron chi connectivity index (χ4n) is 1.45. The van der Waals surface area contributed by atoms with Gasteiger partial charge < -0.3 is 15.4 Å². The summed E-state index contributed by atoms with van der Waals surface area (Å²) in [5.74, 6) is 0.515. The molecular formula is C14H22Cl2N2O2. The molecule has 0 saturated heterocycles. The van der Waals surface area contributed by atoms with Gasteiger partial charge in [-0.15, -0.1) is 12.4 Å². The highest BCUT2D eigenvalue weighted by atomic mass is 35.5. The fraction of sp³-hybridized carbons (Fsp3) is 0.500. The van der Waals surface area contributed by atoms with Crippen LogP contribution in [0.15, 0.2) is 18.2 Å². The number of hydrogen-bond acceptors (Lipinski definition) is 3. The molecule has 1 aromatic rings. The molecule has 0 aliphatic carbocycles. The number of aryl methyl sites for hydroxylation is 1. The number of hydrogen-bond donors (Lipinski definition) is 2. The number of benzene rings is 1. The summed E-state index contributed by atoms with van der Waals surface area (Å²) in [5, 5.41) is 6.57. The van der Waals surface area contributed by atoms with E-state index in [2.05, 4.69) is 10.6 Å². The van der Waals surface area contributed by atoms with Gasteiger partial charge in [-0.25, -0.2) is 0 Å². The highest BCUT2D eigenvalue weighted by molar-refractivity contribution is 6.31. The number of nitrogens with one attached hydrogen (secondary N) is 2. The lowest BCUT2D eigenvalue weighted by molar-refractivity contribution is -0.127. The Morgan fingerprint density at radius 3 is 2.60 bits per heavy atom. The molecule has 1 amide bonds. The van der Waals surface area contributed by atoms with Gasteiger partial charge in [0.2, 0.25) is 0 Å². The van der Waals surface area contributed by atoms with Crippen LogP contribution in [0.25, 0.3) is 0 Å². The number of ether oxygens (including phenoxy) is 1. The molecule has 4 nitrogen and oxygen atoms in total. The molecule has 1 rings (SSSR count). The topological polar surface area (TPSA) is 50.4 Å². The molecule has 0 aliphatic heterocycles. The maximum absolute atomic E-state index is 11.8. The first-order valence-corrected chi connectivity index (χ1v) is 6.69. The Balaban J connectivity index is 0.00000361. The van der Waals surface area contributed by atoms with Crippen LogP contribution in [0, 0.1) is 6.92 Å². The molecule has 2 atom stereocenters. The molecule has 1 aromatic carbocycles. The normalized spacial score (nSPS) is 13.1. The summed E-state index contributed by atoms with van der Waals surface area (Å²) >= 11 is 5.94. The van der Waals surface area contributed by atoms with Crippen LogP contribution in [0.5, 0.6) is 5.75 Å². The molecule has 2 N–H and O–H groups in total. The third-order valence-corrected chi connectivity index (χ3v) is 3.31. The summed E-state index contributed by atoms with van der Waals surface area (Å²) in [6.07, 6.45) is -0.537. The highest BCUT2D eigenvalue weighted by Crippen LogP contribution is 2.21. The van der Waals surface area contributed by atoms with E-state index in [4.69, 9.17) is 16.3 Å². The third kappa shape index (κ3) is 5.99. The SMILES string of the molecule is CNC(C)CNC(=O)C(C)Oc1ccc(Cl)c(C)c1.Cl. The second-order valence-corrected chi connectivity index (χ2v) is 5.01. The lowest BCUT2D eigenvalue weighted by Gasteiger charge is -2.17. The summed E-state index contributed by atoms with van der Waals surface area (Å²) in [5.41, 5.74) is 0.926. The molecule has 20 heavy (non-hydrogen) atoms. The van der Waals surface area contributed by atoms with Crippen LogP contribution in [0.3, 0.4) is 0 Å². The van der Waals surface area contributed by atoms with Crippen molar-refractivity contribution < 1.29 is 9.53 Å². The Hall–Kier alpha value is -0.970. The largest absolute Gasteiger partial charge is 0.481 e. The Kier molecular flexibility index (Phi) is 8.62. The van der Waals surface area contributed by atoms with E-state index in [1.807, 2.05) is 27.0 Å². The molecular weight excluding hydrogens is 299 g/mol. The summed E-state index contributed by atoms with van der Waals surface area (Å²) < 4.78 is 5.59. The second kappa shape index (κ2) is 9.06. The van der Waals surface area contributed by atoms with Crippen molar-refractivity contribution in [3.8, 4) is 5.75 Å². The van der Waals surface area contributed by atoms with E-state index >= 15 is 0 Å². The van der Waals surface area contributed by atoms with Crippen molar-refractivity contribution in [1.29, 1.82) is 0 Å². The zero-order chi connectivity index (χ0) is 14.4. The van der Waals surface area contributed by atoms with Crippen molar-refractivity contribution in [2.45, 2.75) is 32.9 Å². The standard InChI is InChI=1S/C14H21ClN2O2.ClH/c1-9-7-12(5-6-13(9)15)19-11(3)14(18)17-8-10(2)16-4;/h5-7,10-11,16H,8H2,1-4H3,(H,17,18);1H. The number of rotatable bonds is 6. The minimum absolute atomic E-state index is 0. The van der Waals surface area contributed by atoms with E-state index in [1.54, 1.807) is 19.1 Å². The van der Waals surface area contributed by atoms with Crippen LogP contribution < -0.4 is 15.4 Å². The van der Waals surface area contributed by atoms with Gasteiger partial charge in [-0.05, 0) is 51.6 Å². The fourth-order valence-corrected chi connectivity index (χ4v) is 1.57. The molecule has 0 fully saturated rings. The number of carbonyl (C=O) groups is 1. The van der Waals surface area contributed by atoms with Crippen LogP contribution >= 0.6 is 24.0 Å². The van der Waals surface area contributed by atoms with E-state index in [1.165, 1.54) is 0 Å². The molecule has 6 heteroatoms. The smallest absolute Gasteiger partial charge is 0.260 e. The van der Waals surface area contributed by atoms with E-state index in [9.17, 15) is 4.79 Å². The minimum atomic E-state index is -0.537. The Labute approximate surface area is 131 Å². The molecule has 0 spiro atoms. The Morgan fingerprint density at radius 1 is 1.40 bits per heavy atom. The number of likely N-dealkylation sites (N-methyl/N-ethyl adjacent to an activating group) is 1. The monoisotopic (exact) mass is 320 g/mol. The predicted octanol–water partition coefficient (Wildman–Crippen LogP) is 2.56. The average Bonchev–Trinajstić information content (AvgIpc) is 2.39. The van der Waals surface area contributed by atoms with Crippen LogP contribution in [0.1, 0.15) is 19.4 Å². The lowest BCUT2D eigenvalue weighted by Crippen LogP contribution is -2.42. The van der Waals surface area contributed by atoms with Crippen LogP contribution in [0.2, 0.25) is 5.02 Å². The first-order valence-electron chi connectivity index (χ1n) is 6.31. The van der Waals surface area contributed by atoms with E-state index in [-0.39, 0.29) is 24.4 Å². The van der Waals surface area contributed by atoms with Gasteiger partial charge in [0.1, 0.15) is 5.75 Å². The van der Waals surface area contributed by atoms with Gasteiger partial charge >= 0.3 is 0 Å². The molecule has 114 valence electrons. The third-order valence-electron chi connectivity index (χ3n) is 2.89. The van der Waals surface area contributed by atoms with Crippen molar-refractivity contribution in [2.24, 2.45) is 0 Å². The van der Waals surface area contributed by atoms with Crippen LogP contribution in [-0.4, -0.2) is 31.6 Å². The summed E-state index contributed by atoms with van der Waals surface area (Å²) in [6, 6.07) is 5.58. The van der Waals surface area contributed by atoms with Gasteiger partial charge in [0.25, 0.3) is 5.91 Å². The molecule has 0 radical (unpaired) electrons. The molecule has 0 heterocycles. The van der Waals surface area contributed by atoms with Gasteiger partial charge in [0.05, 0.1) is 0 Å². The van der Waals surface area contributed by atoms with Gasteiger partial charge in [0.15, 0.2) is 6.10 Å². The molecule has 0 aromatic heterocycles. The summed E-state index contributed by atoms with van der Waals surface area (Å²) in [4.78, 5) is 11.8. The zero-order valence-corrected chi connectivity index (χ0v) is 13.8. The van der Waals surface area contributed by atoms with Crippen molar-refractivity contribution in [1.82, 2.24) is 10.6 Å². The van der Waals surface area contributed by atoms with Gasteiger partial charge in [-0.1, -0.05) is 11.6 Å². The molecule has 0 aliphatic rings. The summed E-state index contributed by atoms with van der Waals surface area (Å²) in [6.45, 7) is 6.19. The van der Waals surface area contributed by atoms with Crippen molar-refractivity contribution in [2.75, 3.05) is 13.6 Å². The van der Waals surface area contributed by atoms with E-state index in [0.717, 1.165) is 5.56 Å². The number of carbonyl (C=O) groups excluding carboxylic acids is 1. The van der Waals surface area contributed by atoms with Crippen LogP contribution in [-0.2, 0) is 4.79 Å².